The number of aromatic nitrogens is 1. The molecule has 4 nitrogen and oxygen atoms in total. The van der Waals surface area contributed by atoms with Crippen molar-refractivity contribution >= 4 is 11.7 Å². The lowest BCUT2D eigenvalue weighted by molar-refractivity contribution is -0.116. The van der Waals surface area contributed by atoms with Crippen molar-refractivity contribution in [2.75, 3.05) is 11.9 Å². The summed E-state index contributed by atoms with van der Waals surface area (Å²) in [6.45, 7) is 8.86. The summed E-state index contributed by atoms with van der Waals surface area (Å²) in [6, 6.07) is 3.87. The molecule has 1 rings (SSSR count). The highest BCUT2D eigenvalue weighted by atomic mass is 16.1. The van der Waals surface area contributed by atoms with Crippen molar-refractivity contribution in [3.05, 3.63) is 23.4 Å². The molecule has 0 unspecified atom stereocenters. The second-order valence-electron chi connectivity index (χ2n) is 5.92. The molecule has 1 aromatic heterocycles. The number of carbonyl (C=O) groups is 1. The molecule has 0 aliphatic carbocycles. The van der Waals surface area contributed by atoms with E-state index in [9.17, 15) is 4.79 Å². The van der Waals surface area contributed by atoms with Crippen LogP contribution in [0.15, 0.2) is 12.1 Å². The van der Waals surface area contributed by atoms with Crippen LogP contribution in [0, 0.1) is 19.3 Å². The Balaban J connectivity index is 2.51. The largest absolute Gasteiger partial charge is 0.330 e. The fraction of sp³-hybridized carbons (Fsp3) is 0.600. The Bertz CT molecular complexity index is 421. The van der Waals surface area contributed by atoms with Gasteiger partial charge in [-0.25, -0.2) is 4.98 Å². The summed E-state index contributed by atoms with van der Waals surface area (Å²) in [5.74, 6) is 0.654. The average Bonchev–Trinajstić information content (AvgIpc) is 2.25. The van der Waals surface area contributed by atoms with Gasteiger partial charge >= 0.3 is 0 Å². The van der Waals surface area contributed by atoms with Crippen molar-refractivity contribution in [2.24, 2.45) is 11.1 Å². The molecule has 1 heterocycles. The van der Waals surface area contributed by atoms with Crippen molar-refractivity contribution < 1.29 is 4.79 Å². The molecule has 0 saturated carbocycles. The number of pyridine rings is 1. The van der Waals surface area contributed by atoms with Crippen molar-refractivity contribution in [3.8, 4) is 0 Å². The van der Waals surface area contributed by atoms with Gasteiger partial charge < -0.3 is 11.1 Å². The molecule has 3 N–H and O–H groups in total. The van der Waals surface area contributed by atoms with Crippen molar-refractivity contribution in [1.82, 2.24) is 4.98 Å². The zero-order chi connectivity index (χ0) is 14.5. The van der Waals surface area contributed by atoms with Crippen molar-refractivity contribution in [1.29, 1.82) is 0 Å². The number of anilines is 1. The third-order valence-corrected chi connectivity index (χ3v) is 3.22. The molecule has 0 spiro atoms. The van der Waals surface area contributed by atoms with E-state index in [4.69, 9.17) is 5.73 Å². The van der Waals surface area contributed by atoms with Gasteiger partial charge in [0.25, 0.3) is 0 Å². The number of nitrogens with zero attached hydrogens (tertiary/aromatic N) is 1. The lowest BCUT2D eigenvalue weighted by Gasteiger charge is -2.23. The quantitative estimate of drug-likeness (QED) is 0.829. The van der Waals surface area contributed by atoms with Crippen molar-refractivity contribution in [3.63, 3.8) is 0 Å². The van der Waals surface area contributed by atoms with E-state index >= 15 is 0 Å². The average molecular weight is 263 g/mol. The van der Waals surface area contributed by atoms with Crippen LogP contribution in [-0.2, 0) is 4.79 Å². The minimum atomic E-state index is 0.0163. The van der Waals surface area contributed by atoms with E-state index in [-0.39, 0.29) is 11.3 Å². The number of aryl methyl sites for hydroxylation is 2. The second kappa shape index (κ2) is 6.66. The summed E-state index contributed by atoms with van der Waals surface area (Å²) in [5, 5.41) is 2.86. The molecule has 106 valence electrons. The zero-order valence-corrected chi connectivity index (χ0v) is 12.4. The minimum absolute atomic E-state index is 0.0163. The van der Waals surface area contributed by atoms with Crippen LogP contribution in [0.5, 0.6) is 0 Å². The second-order valence-corrected chi connectivity index (χ2v) is 5.92. The van der Waals surface area contributed by atoms with Gasteiger partial charge in [0, 0.05) is 12.1 Å². The van der Waals surface area contributed by atoms with Crippen LogP contribution >= 0.6 is 0 Å². The Morgan fingerprint density at radius 1 is 1.32 bits per heavy atom. The molecule has 0 aliphatic heterocycles. The summed E-state index contributed by atoms with van der Waals surface area (Å²) >= 11 is 0. The predicted molar refractivity (Wildman–Crippen MR) is 79.0 cm³/mol. The molecule has 0 atom stereocenters. The normalized spacial score (nSPS) is 11.4. The third kappa shape index (κ3) is 5.83. The highest BCUT2D eigenvalue weighted by Crippen LogP contribution is 2.26. The zero-order valence-electron chi connectivity index (χ0n) is 12.4. The molecule has 1 amide bonds. The van der Waals surface area contributed by atoms with Crippen LogP contribution in [0.1, 0.15) is 44.4 Å². The molecule has 0 radical (unpaired) electrons. The van der Waals surface area contributed by atoms with E-state index in [1.54, 1.807) is 0 Å². The molecule has 4 heteroatoms. The van der Waals surface area contributed by atoms with E-state index < -0.39 is 0 Å². The van der Waals surface area contributed by atoms with E-state index in [1.807, 2.05) is 26.0 Å². The van der Waals surface area contributed by atoms with Gasteiger partial charge in [0.1, 0.15) is 5.82 Å². The fourth-order valence-corrected chi connectivity index (χ4v) is 2.08. The first-order valence-corrected chi connectivity index (χ1v) is 6.77. The molecule has 0 fully saturated rings. The number of amides is 1. The number of hydrogen-bond donors (Lipinski definition) is 2. The summed E-state index contributed by atoms with van der Waals surface area (Å²) in [5.41, 5.74) is 7.70. The number of carbonyl (C=O) groups excluding carboxylic acids is 1. The summed E-state index contributed by atoms with van der Waals surface area (Å²) < 4.78 is 0. The highest BCUT2D eigenvalue weighted by molar-refractivity contribution is 5.89. The Morgan fingerprint density at radius 3 is 2.58 bits per heavy atom. The fourth-order valence-electron chi connectivity index (χ4n) is 2.08. The van der Waals surface area contributed by atoms with Crippen LogP contribution in [0.2, 0.25) is 0 Å². The summed E-state index contributed by atoms with van der Waals surface area (Å²) in [7, 11) is 0. The maximum Gasteiger partial charge on any atom is 0.225 e. The Labute approximate surface area is 115 Å². The smallest absolute Gasteiger partial charge is 0.225 e. The van der Waals surface area contributed by atoms with Crippen LogP contribution in [0.25, 0.3) is 0 Å². The van der Waals surface area contributed by atoms with E-state index in [0.717, 1.165) is 24.1 Å². The van der Waals surface area contributed by atoms with Gasteiger partial charge in [0.2, 0.25) is 5.91 Å². The highest BCUT2D eigenvalue weighted by Gasteiger charge is 2.18. The summed E-state index contributed by atoms with van der Waals surface area (Å²) in [4.78, 5) is 16.2. The Hall–Kier alpha value is -1.42. The Kier molecular flexibility index (Phi) is 5.48. The van der Waals surface area contributed by atoms with E-state index in [0.29, 0.717) is 18.8 Å². The standard InChI is InChI=1S/C15H25N3O/c1-11-9-12(2)17-13(10-11)18-14(19)5-6-15(3,4)7-8-16/h9-10H,5-8,16H2,1-4H3,(H,17,18,19). The van der Waals surface area contributed by atoms with Gasteiger partial charge in [0.05, 0.1) is 0 Å². The van der Waals surface area contributed by atoms with E-state index in [1.165, 1.54) is 0 Å². The van der Waals surface area contributed by atoms with Crippen LogP contribution < -0.4 is 11.1 Å². The molecule has 0 saturated heterocycles. The van der Waals surface area contributed by atoms with Crippen molar-refractivity contribution in [2.45, 2.75) is 47.0 Å². The molecule has 0 aliphatic rings. The first-order valence-electron chi connectivity index (χ1n) is 6.77. The summed E-state index contributed by atoms with van der Waals surface area (Å²) in [6.07, 6.45) is 2.27. The topological polar surface area (TPSA) is 68.0 Å². The predicted octanol–water partition coefficient (Wildman–Crippen LogP) is 2.79. The number of nitrogens with two attached hydrogens (primary N) is 1. The lowest BCUT2D eigenvalue weighted by Crippen LogP contribution is -2.21. The van der Waals surface area contributed by atoms with E-state index in [2.05, 4.69) is 24.1 Å². The molecular formula is C15H25N3O. The third-order valence-electron chi connectivity index (χ3n) is 3.22. The SMILES string of the molecule is Cc1cc(C)nc(NC(=O)CCC(C)(C)CCN)c1. The van der Waals surface area contributed by atoms with Gasteiger partial charge in [-0.3, -0.25) is 4.79 Å². The monoisotopic (exact) mass is 263 g/mol. The van der Waals surface area contributed by atoms with Gasteiger partial charge in [0.15, 0.2) is 0 Å². The molecule has 1 aromatic rings. The van der Waals surface area contributed by atoms with Crippen LogP contribution in [0.3, 0.4) is 0 Å². The molecular weight excluding hydrogens is 238 g/mol. The number of nitrogens with one attached hydrogen (secondary N) is 1. The number of rotatable bonds is 6. The Morgan fingerprint density at radius 2 is 2.00 bits per heavy atom. The van der Waals surface area contributed by atoms with Gasteiger partial charge in [-0.15, -0.1) is 0 Å². The maximum atomic E-state index is 11.9. The van der Waals surface area contributed by atoms with Crippen LogP contribution in [0.4, 0.5) is 5.82 Å². The first-order chi connectivity index (χ1) is 8.82. The van der Waals surface area contributed by atoms with Crippen LogP contribution in [-0.4, -0.2) is 17.4 Å². The number of hydrogen-bond acceptors (Lipinski definition) is 3. The molecule has 0 aromatic carbocycles. The maximum absolute atomic E-state index is 11.9. The minimum Gasteiger partial charge on any atom is -0.330 e. The first kappa shape index (κ1) is 15.6. The lowest BCUT2D eigenvalue weighted by atomic mass is 9.84. The van der Waals surface area contributed by atoms with Gasteiger partial charge in [-0.05, 0) is 56.3 Å². The molecule has 19 heavy (non-hydrogen) atoms. The molecule has 0 bridgehead atoms. The van der Waals surface area contributed by atoms with Gasteiger partial charge in [-0.1, -0.05) is 13.8 Å². The van der Waals surface area contributed by atoms with Gasteiger partial charge in [-0.2, -0.15) is 0 Å².